The predicted molar refractivity (Wildman–Crippen MR) is 130 cm³/mol. The van der Waals surface area contributed by atoms with E-state index in [0.29, 0.717) is 48.2 Å². The molecule has 0 saturated carbocycles. The van der Waals surface area contributed by atoms with E-state index in [1.165, 1.54) is 12.1 Å². The van der Waals surface area contributed by atoms with Crippen molar-refractivity contribution >= 4 is 44.9 Å². The lowest BCUT2D eigenvalue weighted by molar-refractivity contribution is -0.136. The van der Waals surface area contributed by atoms with Gasteiger partial charge in [0.2, 0.25) is 5.95 Å². The molecule has 0 aliphatic carbocycles. The summed E-state index contributed by atoms with van der Waals surface area (Å²) >= 11 is 5.98. The molecule has 2 aromatic carbocycles. The van der Waals surface area contributed by atoms with Gasteiger partial charge in [-0.25, -0.2) is 17.8 Å². The van der Waals surface area contributed by atoms with E-state index in [-0.39, 0.29) is 34.5 Å². The molecule has 35 heavy (non-hydrogen) atoms. The zero-order valence-electron chi connectivity index (χ0n) is 18.5. The van der Waals surface area contributed by atoms with Crippen LogP contribution in [0.15, 0.2) is 47.4 Å². The summed E-state index contributed by atoms with van der Waals surface area (Å²) < 4.78 is 40.5. The standard InChI is InChI=1S/C24H22ClFN4O4S/c25-17-6-4-15(5-7-17)16-12-30(13-16)24-28-20-2-1-9-35(33,34)22(20)23(29-24)27-19-8-3-14(10-18(19)26)11-21(31)32/h3-8,10,16H,1-2,9,11-13H2,(H,31,32)(H,27,28,29). The highest BCUT2D eigenvalue weighted by Crippen LogP contribution is 2.36. The van der Waals surface area contributed by atoms with Crippen LogP contribution in [0.2, 0.25) is 5.02 Å². The highest BCUT2D eigenvalue weighted by atomic mass is 35.5. The van der Waals surface area contributed by atoms with Crippen molar-refractivity contribution in [3.05, 3.63) is 70.1 Å². The number of hydrogen-bond acceptors (Lipinski definition) is 7. The van der Waals surface area contributed by atoms with E-state index in [1.54, 1.807) is 0 Å². The van der Waals surface area contributed by atoms with Gasteiger partial charge in [0.25, 0.3) is 0 Å². The van der Waals surface area contributed by atoms with Crippen molar-refractivity contribution in [2.24, 2.45) is 0 Å². The fourth-order valence-corrected chi connectivity index (χ4v) is 6.15. The number of halogens is 2. The molecule has 0 radical (unpaired) electrons. The minimum atomic E-state index is -3.64. The van der Waals surface area contributed by atoms with E-state index in [4.69, 9.17) is 16.7 Å². The second-order valence-corrected chi connectivity index (χ2v) is 11.2. The molecule has 11 heteroatoms. The molecular weight excluding hydrogens is 495 g/mol. The first-order chi connectivity index (χ1) is 16.7. The number of carbonyl (C=O) groups is 1. The van der Waals surface area contributed by atoms with Gasteiger partial charge in [0, 0.05) is 24.0 Å². The third kappa shape index (κ3) is 4.81. The van der Waals surface area contributed by atoms with Crippen LogP contribution >= 0.6 is 11.6 Å². The van der Waals surface area contributed by atoms with Crippen molar-refractivity contribution in [3.8, 4) is 0 Å². The van der Waals surface area contributed by atoms with Crippen LogP contribution in [0.3, 0.4) is 0 Å². The number of sulfone groups is 1. The van der Waals surface area contributed by atoms with Gasteiger partial charge in [-0.3, -0.25) is 4.79 Å². The average Bonchev–Trinajstić information content (AvgIpc) is 2.75. The third-order valence-corrected chi connectivity index (χ3v) is 8.34. The molecule has 0 unspecified atom stereocenters. The number of carboxylic acids is 1. The molecule has 2 aliphatic rings. The quantitative estimate of drug-likeness (QED) is 0.506. The highest BCUT2D eigenvalue weighted by Gasteiger charge is 2.35. The Balaban J connectivity index is 1.46. The fourth-order valence-electron chi connectivity index (χ4n) is 4.40. The topological polar surface area (TPSA) is 112 Å². The number of benzene rings is 2. The van der Waals surface area contributed by atoms with E-state index in [9.17, 15) is 17.6 Å². The van der Waals surface area contributed by atoms with Crippen LogP contribution in [-0.2, 0) is 27.5 Å². The molecule has 182 valence electrons. The van der Waals surface area contributed by atoms with Crippen molar-refractivity contribution in [1.29, 1.82) is 0 Å². The normalized spacial score (nSPS) is 16.9. The summed E-state index contributed by atoms with van der Waals surface area (Å²) in [6.07, 6.45) is 0.618. The predicted octanol–water partition coefficient (Wildman–Crippen LogP) is 3.96. The van der Waals surface area contributed by atoms with Gasteiger partial charge in [-0.1, -0.05) is 29.8 Å². The largest absolute Gasteiger partial charge is 0.481 e. The summed E-state index contributed by atoms with van der Waals surface area (Å²) in [6.45, 7) is 1.32. The molecule has 1 aromatic heterocycles. The van der Waals surface area contributed by atoms with Gasteiger partial charge in [0.05, 0.1) is 23.6 Å². The zero-order chi connectivity index (χ0) is 24.7. The van der Waals surface area contributed by atoms with Crippen molar-refractivity contribution in [2.45, 2.75) is 30.1 Å². The van der Waals surface area contributed by atoms with Crippen LogP contribution < -0.4 is 10.2 Å². The summed E-state index contributed by atoms with van der Waals surface area (Å²) in [4.78, 5) is 21.9. The van der Waals surface area contributed by atoms with E-state index < -0.39 is 21.6 Å². The SMILES string of the molecule is O=C(O)Cc1ccc(Nc2nc(N3CC(c4ccc(Cl)cc4)C3)nc3c2S(=O)(=O)CCC3)c(F)c1. The van der Waals surface area contributed by atoms with Crippen LogP contribution in [0.5, 0.6) is 0 Å². The van der Waals surface area contributed by atoms with E-state index in [0.717, 1.165) is 11.6 Å². The van der Waals surface area contributed by atoms with E-state index in [1.807, 2.05) is 29.2 Å². The maximum Gasteiger partial charge on any atom is 0.307 e. The Morgan fingerprint density at radius 2 is 1.91 bits per heavy atom. The Hall–Kier alpha value is -3.24. The summed E-state index contributed by atoms with van der Waals surface area (Å²) in [5.74, 6) is -1.11. The highest BCUT2D eigenvalue weighted by molar-refractivity contribution is 7.91. The number of hydrogen-bond donors (Lipinski definition) is 2. The van der Waals surface area contributed by atoms with Gasteiger partial charge in [0.1, 0.15) is 10.7 Å². The molecule has 0 atom stereocenters. The maximum absolute atomic E-state index is 14.7. The Labute approximate surface area is 206 Å². The molecule has 2 aliphatic heterocycles. The molecule has 1 fully saturated rings. The first-order valence-corrected chi connectivity index (χ1v) is 13.1. The van der Waals surface area contributed by atoms with Gasteiger partial charge in [-0.05, 0) is 48.2 Å². The minimum absolute atomic E-state index is 0.00344. The molecule has 3 aromatic rings. The second kappa shape index (κ2) is 9.09. The number of nitrogens with zero attached hydrogens (tertiary/aromatic N) is 3. The van der Waals surface area contributed by atoms with Crippen molar-refractivity contribution in [1.82, 2.24) is 9.97 Å². The number of aryl methyl sites for hydroxylation is 1. The second-order valence-electron chi connectivity index (χ2n) is 8.73. The zero-order valence-corrected chi connectivity index (χ0v) is 20.1. The lowest BCUT2D eigenvalue weighted by Gasteiger charge is -2.40. The summed E-state index contributed by atoms with van der Waals surface area (Å²) in [5, 5.41) is 12.4. The van der Waals surface area contributed by atoms with Crippen LogP contribution in [0.25, 0.3) is 0 Å². The lowest BCUT2D eigenvalue weighted by Crippen LogP contribution is -2.46. The summed E-state index contributed by atoms with van der Waals surface area (Å²) in [5.41, 5.74) is 1.87. The first kappa shape index (κ1) is 23.5. The van der Waals surface area contributed by atoms with Crippen molar-refractivity contribution in [3.63, 3.8) is 0 Å². The third-order valence-electron chi connectivity index (χ3n) is 6.21. The summed E-state index contributed by atoms with van der Waals surface area (Å²) in [7, 11) is -3.64. The lowest BCUT2D eigenvalue weighted by atomic mass is 9.92. The molecule has 8 nitrogen and oxygen atoms in total. The van der Waals surface area contributed by atoms with E-state index in [2.05, 4.69) is 15.3 Å². The van der Waals surface area contributed by atoms with E-state index >= 15 is 0 Å². The van der Waals surface area contributed by atoms with Crippen LogP contribution in [0, 0.1) is 5.82 Å². The molecule has 0 amide bonds. The van der Waals surface area contributed by atoms with Gasteiger partial charge in [-0.2, -0.15) is 4.98 Å². The van der Waals surface area contributed by atoms with Gasteiger partial charge < -0.3 is 15.3 Å². The average molecular weight is 517 g/mol. The molecule has 0 bridgehead atoms. The van der Waals surface area contributed by atoms with Crippen LogP contribution in [0.1, 0.15) is 29.2 Å². The van der Waals surface area contributed by atoms with Crippen LogP contribution in [-0.4, -0.2) is 48.3 Å². The van der Waals surface area contributed by atoms with Crippen LogP contribution in [0.4, 0.5) is 21.8 Å². The Kier molecular flexibility index (Phi) is 6.10. The smallest absolute Gasteiger partial charge is 0.307 e. The number of fused-ring (bicyclic) bond motifs is 1. The Bertz CT molecular complexity index is 1410. The number of anilines is 3. The number of rotatable bonds is 6. The molecule has 1 saturated heterocycles. The van der Waals surface area contributed by atoms with Crippen molar-refractivity contribution < 1.29 is 22.7 Å². The Morgan fingerprint density at radius 1 is 1.17 bits per heavy atom. The van der Waals surface area contributed by atoms with Gasteiger partial charge in [-0.15, -0.1) is 0 Å². The van der Waals surface area contributed by atoms with Crippen molar-refractivity contribution in [2.75, 3.05) is 29.1 Å². The maximum atomic E-state index is 14.7. The van der Waals surface area contributed by atoms with Gasteiger partial charge in [0.15, 0.2) is 15.7 Å². The monoisotopic (exact) mass is 516 g/mol. The molecule has 2 N–H and O–H groups in total. The summed E-state index contributed by atoms with van der Waals surface area (Å²) in [6, 6.07) is 11.6. The molecule has 0 spiro atoms. The number of nitrogens with one attached hydrogen (secondary N) is 1. The Morgan fingerprint density at radius 3 is 2.60 bits per heavy atom. The minimum Gasteiger partial charge on any atom is -0.481 e. The molecule has 5 rings (SSSR count). The number of aliphatic carboxylic acids is 1. The number of aromatic nitrogens is 2. The molecular formula is C24H22ClFN4O4S. The van der Waals surface area contributed by atoms with Gasteiger partial charge >= 0.3 is 5.97 Å². The number of carboxylic acid groups (broad SMARTS) is 1. The fraction of sp³-hybridized carbons (Fsp3) is 0.292. The molecule has 3 heterocycles. The first-order valence-electron chi connectivity index (χ1n) is 11.1.